The molecule has 2 N–H and O–H groups in total. The zero-order chi connectivity index (χ0) is 11.3. The summed E-state index contributed by atoms with van der Waals surface area (Å²) in [7, 11) is -3.21. The summed E-state index contributed by atoms with van der Waals surface area (Å²) < 4.78 is 25.6. The highest BCUT2D eigenvalue weighted by molar-refractivity contribution is 7.89. The van der Waals surface area contributed by atoms with E-state index in [0.29, 0.717) is 18.7 Å². The third kappa shape index (κ3) is 5.15. The second kappa shape index (κ2) is 6.03. The first kappa shape index (κ1) is 13.2. The summed E-state index contributed by atoms with van der Waals surface area (Å²) in [5, 5.41) is 9.40. The Labute approximate surface area is 96.1 Å². The number of halogens is 1. The van der Waals surface area contributed by atoms with Crippen molar-refractivity contribution in [3.05, 3.63) is 0 Å². The molecular weight excluding hydrogens is 238 g/mol. The van der Waals surface area contributed by atoms with Gasteiger partial charge in [0.2, 0.25) is 10.0 Å². The zero-order valence-corrected chi connectivity index (χ0v) is 10.2. The van der Waals surface area contributed by atoms with Crippen LogP contribution >= 0.6 is 11.6 Å². The minimum absolute atomic E-state index is 0.0725. The molecular formula is C9H18ClNO3S. The summed E-state index contributed by atoms with van der Waals surface area (Å²) in [5.41, 5.74) is 0. The van der Waals surface area contributed by atoms with Crippen molar-refractivity contribution < 1.29 is 13.5 Å². The number of alkyl halides is 1. The Hall–Kier alpha value is 0.160. The van der Waals surface area contributed by atoms with E-state index in [4.69, 9.17) is 11.6 Å². The van der Waals surface area contributed by atoms with E-state index in [1.807, 2.05) is 0 Å². The van der Waals surface area contributed by atoms with Crippen LogP contribution in [0.1, 0.15) is 32.1 Å². The lowest BCUT2D eigenvalue weighted by Gasteiger charge is -2.26. The monoisotopic (exact) mass is 255 g/mol. The molecule has 0 heterocycles. The fourth-order valence-electron chi connectivity index (χ4n) is 1.83. The van der Waals surface area contributed by atoms with Gasteiger partial charge in [0, 0.05) is 11.9 Å². The summed E-state index contributed by atoms with van der Waals surface area (Å²) in [6.07, 6.45) is 3.10. The molecule has 1 rings (SSSR count). The Morgan fingerprint density at radius 3 is 2.73 bits per heavy atom. The van der Waals surface area contributed by atoms with Crippen molar-refractivity contribution in [3.63, 3.8) is 0 Å². The minimum Gasteiger partial charge on any atom is -0.393 e. The molecule has 2 atom stereocenters. The van der Waals surface area contributed by atoms with Gasteiger partial charge in [0.25, 0.3) is 0 Å². The Bertz CT molecular complexity index is 281. The number of hydrogen-bond acceptors (Lipinski definition) is 3. The van der Waals surface area contributed by atoms with Gasteiger partial charge in [-0.2, -0.15) is 0 Å². The third-order valence-corrected chi connectivity index (χ3v) is 4.33. The van der Waals surface area contributed by atoms with Gasteiger partial charge < -0.3 is 5.11 Å². The van der Waals surface area contributed by atoms with E-state index in [9.17, 15) is 13.5 Å². The fraction of sp³-hybridized carbons (Fsp3) is 1.00. The van der Waals surface area contributed by atoms with Crippen LogP contribution in [0, 0.1) is 0 Å². The number of sulfonamides is 1. The standard InChI is InChI=1S/C9H18ClNO3S/c10-5-2-6-15(13,14)11-8-3-1-4-9(12)7-8/h8-9,11-12H,1-7H2. The van der Waals surface area contributed by atoms with Crippen molar-refractivity contribution in [2.75, 3.05) is 11.6 Å². The maximum absolute atomic E-state index is 11.5. The van der Waals surface area contributed by atoms with Crippen molar-refractivity contribution >= 4 is 21.6 Å². The lowest BCUT2D eigenvalue weighted by Crippen LogP contribution is -2.40. The van der Waals surface area contributed by atoms with Crippen LogP contribution in [0.2, 0.25) is 0 Å². The molecule has 0 saturated heterocycles. The Kier molecular flexibility index (Phi) is 5.32. The molecule has 0 aromatic heterocycles. The summed E-state index contributed by atoms with van der Waals surface area (Å²) in [6, 6.07) is -0.103. The summed E-state index contributed by atoms with van der Waals surface area (Å²) >= 11 is 5.44. The van der Waals surface area contributed by atoms with Gasteiger partial charge in [-0.25, -0.2) is 13.1 Å². The van der Waals surface area contributed by atoms with Gasteiger partial charge >= 0.3 is 0 Å². The minimum atomic E-state index is -3.21. The maximum Gasteiger partial charge on any atom is 0.211 e. The largest absolute Gasteiger partial charge is 0.393 e. The van der Waals surface area contributed by atoms with Crippen LogP contribution in [0.4, 0.5) is 0 Å². The number of aliphatic hydroxyl groups excluding tert-OH is 1. The molecule has 0 aromatic carbocycles. The molecule has 90 valence electrons. The van der Waals surface area contributed by atoms with Gasteiger partial charge in [0.15, 0.2) is 0 Å². The van der Waals surface area contributed by atoms with Crippen LogP contribution in [-0.4, -0.2) is 37.3 Å². The zero-order valence-electron chi connectivity index (χ0n) is 8.65. The topological polar surface area (TPSA) is 66.4 Å². The quantitative estimate of drug-likeness (QED) is 0.716. The fourth-order valence-corrected chi connectivity index (χ4v) is 3.48. The van der Waals surface area contributed by atoms with E-state index >= 15 is 0 Å². The number of nitrogens with one attached hydrogen (secondary N) is 1. The smallest absolute Gasteiger partial charge is 0.211 e. The highest BCUT2D eigenvalue weighted by Crippen LogP contribution is 2.18. The molecule has 4 nitrogen and oxygen atoms in total. The van der Waals surface area contributed by atoms with Crippen LogP contribution < -0.4 is 4.72 Å². The van der Waals surface area contributed by atoms with E-state index in [1.54, 1.807) is 0 Å². The number of hydrogen-bond donors (Lipinski definition) is 2. The van der Waals surface area contributed by atoms with Crippen molar-refractivity contribution in [1.29, 1.82) is 0 Å². The van der Waals surface area contributed by atoms with E-state index in [0.717, 1.165) is 19.3 Å². The predicted octanol–water partition coefficient (Wildman–Crippen LogP) is 0.838. The summed E-state index contributed by atoms with van der Waals surface area (Å²) in [4.78, 5) is 0. The lowest BCUT2D eigenvalue weighted by atomic mass is 9.94. The molecule has 15 heavy (non-hydrogen) atoms. The van der Waals surface area contributed by atoms with Gasteiger partial charge in [0.1, 0.15) is 0 Å². The van der Waals surface area contributed by atoms with Crippen molar-refractivity contribution in [3.8, 4) is 0 Å². The van der Waals surface area contributed by atoms with Gasteiger partial charge in [-0.05, 0) is 32.1 Å². The molecule has 1 aliphatic carbocycles. The second-order valence-corrected chi connectivity index (χ2v) is 6.25. The van der Waals surface area contributed by atoms with Crippen LogP contribution in [0.3, 0.4) is 0 Å². The van der Waals surface area contributed by atoms with E-state index in [2.05, 4.69) is 4.72 Å². The van der Waals surface area contributed by atoms with Crippen LogP contribution in [0.25, 0.3) is 0 Å². The van der Waals surface area contributed by atoms with Crippen molar-refractivity contribution in [2.45, 2.75) is 44.2 Å². The molecule has 0 spiro atoms. The third-order valence-electron chi connectivity index (χ3n) is 2.54. The van der Waals surface area contributed by atoms with E-state index < -0.39 is 10.0 Å². The van der Waals surface area contributed by atoms with Crippen LogP contribution in [0.15, 0.2) is 0 Å². The van der Waals surface area contributed by atoms with Crippen molar-refractivity contribution in [1.82, 2.24) is 4.72 Å². The number of rotatable bonds is 5. The Morgan fingerprint density at radius 2 is 2.13 bits per heavy atom. The molecule has 1 aliphatic rings. The van der Waals surface area contributed by atoms with Crippen molar-refractivity contribution in [2.24, 2.45) is 0 Å². The average molecular weight is 256 g/mol. The Morgan fingerprint density at radius 1 is 1.40 bits per heavy atom. The number of aliphatic hydroxyl groups is 1. The van der Waals surface area contributed by atoms with Crippen LogP contribution in [0.5, 0.6) is 0 Å². The highest BCUT2D eigenvalue weighted by Gasteiger charge is 2.23. The molecule has 1 saturated carbocycles. The Balaban J connectivity index is 2.39. The summed E-state index contributed by atoms with van der Waals surface area (Å²) in [5.74, 6) is 0.428. The first-order chi connectivity index (χ1) is 7.03. The molecule has 1 fully saturated rings. The van der Waals surface area contributed by atoms with E-state index in [1.165, 1.54) is 0 Å². The molecule has 0 radical (unpaired) electrons. The van der Waals surface area contributed by atoms with Gasteiger partial charge in [0.05, 0.1) is 11.9 Å². The molecule has 6 heteroatoms. The molecule has 0 amide bonds. The molecule has 0 aromatic rings. The molecule has 2 unspecified atom stereocenters. The van der Waals surface area contributed by atoms with Gasteiger partial charge in [-0.1, -0.05) is 0 Å². The second-order valence-electron chi connectivity index (χ2n) is 4.00. The first-order valence-corrected chi connectivity index (χ1v) is 7.46. The normalized spacial score (nSPS) is 27.9. The van der Waals surface area contributed by atoms with Crippen LogP contribution in [-0.2, 0) is 10.0 Å². The lowest BCUT2D eigenvalue weighted by molar-refractivity contribution is 0.117. The SMILES string of the molecule is O=S(=O)(CCCCl)NC1CCCC(O)C1. The average Bonchev–Trinajstić information content (AvgIpc) is 2.14. The molecule has 0 bridgehead atoms. The molecule has 0 aliphatic heterocycles. The van der Waals surface area contributed by atoms with Gasteiger partial charge in [-0.3, -0.25) is 0 Å². The summed E-state index contributed by atoms with van der Waals surface area (Å²) in [6.45, 7) is 0. The van der Waals surface area contributed by atoms with Gasteiger partial charge in [-0.15, -0.1) is 11.6 Å². The predicted molar refractivity (Wildman–Crippen MR) is 60.5 cm³/mol. The maximum atomic E-state index is 11.5. The highest BCUT2D eigenvalue weighted by atomic mass is 35.5. The van der Waals surface area contributed by atoms with E-state index in [-0.39, 0.29) is 17.9 Å². The first-order valence-electron chi connectivity index (χ1n) is 5.27.